The normalized spacial score (nSPS) is 25.6. The van der Waals surface area contributed by atoms with Crippen LogP contribution in [-0.4, -0.2) is 22.0 Å². The zero-order valence-corrected chi connectivity index (χ0v) is 8.36. The molecular formula is C9H12N2OS. The Hall–Kier alpha value is -0.900. The van der Waals surface area contributed by atoms with Gasteiger partial charge < -0.3 is 5.32 Å². The lowest BCUT2D eigenvalue weighted by molar-refractivity contribution is -0.122. The van der Waals surface area contributed by atoms with Crippen LogP contribution in [0.15, 0.2) is 11.8 Å². The second-order valence-electron chi connectivity index (χ2n) is 3.36. The van der Waals surface area contributed by atoms with Gasteiger partial charge in [0.1, 0.15) is 5.70 Å². The van der Waals surface area contributed by atoms with Crippen LogP contribution in [-0.2, 0) is 4.79 Å². The molecule has 2 fully saturated rings. The maximum atomic E-state index is 11.7. The van der Waals surface area contributed by atoms with Gasteiger partial charge in [0, 0.05) is 6.04 Å². The van der Waals surface area contributed by atoms with E-state index in [1.54, 1.807) is 4.90 Å². The molecule has 2 aliphatic rings. The summed E-state index contributed by atoms with van der Waals surface area (Å²) in [6.45, 7) is 2.00. The van der Waals surface area contributed by atoms with Gasteiger partial charge in [0.25, 0.3) is 5.91 Å². The fourth-order valence-corrected chi connectivity index (χ4v) is 1.80. The largest absolute Gasteiger partial charge is 0.328 e. The predicted molar refractivity (Wildman–Crippen MR) is 54.0 cm³/mol. The number of thiocarbonyl (C=S) groups is 1. The van der Waals surface area contributed by atoms with Crippen LogP contribution in [0.3, 0.4) is 0 Å². The first-order chi connectivity index (χ1) is 6.24. The summed E-state index contributed by atoms with van der Waals surface area (Å²) in [6.07, 6.45) is 4.92. The monoisotopic (exact) mass is 196 g/mol. The van der Waals surface area contributed by atoms with Gasteiger partial charge in [0.15, 0.2) is 5.11 Å². The molecule has 0 aromatic rings. The molecule has 2 rings (SSSR count). The second-order valence-corrected chi connectivity index (χ2v) is 3.75. The quantitative estimate of drug-likeness (QED) is 0.531. The Labute approximate surface area is 82.8 Å². The van der Waals surface area contributed by atoms with Gasteiger partial charge in [-0.3, -0.25) is 9.69 Å². The van der Waals surface area contributed by atoms with Crippen LogP contribution < -0.4 is 5.32 Å². The van der Waals surface area contributed by atoms with Crippen molar-refractivity contribution in [2.75, 3.05) is 0 Å². The summed E-state index contributed by atoms with van der Waals surface area (Å²) < 4.78 is 0. The van der Waals surface area contributed by atoms with Crippen LogP contribution in [0, 0.1) is 0 Å². The summed E-state index contributed by atoms with van der Waals surface area (Å²) in [6, 6.07) is 0.371. The first kappa shape index (κ1) is 8.69. The predicted octanol–water partition coefficient (Wildman–Crippen LogP) is 1.16. The summed E-state index contributed by atoms with van der Waals surface area (Å²) in [4.78, 5) is 13.4. The highest BCUT2D eigenvalue weighted by molar-refractivity contribution is 7.80. The molecule has 1 saturated carbocycles. The molecule has 0 unspecified atom stereocenters. The average Bonchev–Trinajstić information content (AvgIpc) is 2.84. The zero-order valence-electron chi connectivity index (χ0n) is 7.54. The third-order valence-corrected chi connectivity index (χ3v) is 2.53. The van der Waals surface area contributed by atoms with Gasteiger partial charge in [-0.15, -0.1) is 0 Å². The number of hydrogen-bond acceptors (Lipinski definition) is 2. The number of allylic oxidation sites excluding steroid dienone is 1. The molecule has 1 aliphatic heterocycles. The van der Waals surface area contributed by atoms with E-state index in [2.05, 4.69) is 5.32 Å². The van der Waals surface area contributed by atoms with Crippen molar-refractivity contribution in [3.63, 3.8) is 0 Å². The number of carbonyl (C=O) groups excluding carboxylic acids is 1. The molecule has 0 bridgehead atoms. The molecular weight excluding hydrogens is 184 g/mol. The van der Waals surface area contributed by atoms with E-state index in [1.165, 1.54) is 0 Å². The molecule has 13 heavy (non-hydrogen) atoms. The number of nitrogens with zero attached hydrogens (tertiary/aromatic N) is 1. The minimum atomic E-state index is 0.0503. The molecule has 1 amide bonds. The Morgan fingerprint density at radius 2 is 2.38 bits per heavy atom. The highest BCUT2D eigenvalue weighted by Crippen LogP contribution is 2.30. The van der Waals surface area contributed by atoms with Crippen molar-refractivity contribution < 1.29 is 4.79 Å². The molecule has 0 aromatic carbocycles. The van der Waals surface area contributed by atoms with Crippen LogP contribution in [0.5, 0.6) is 0 Å². The summed E-state index contributed by atoms with van der Waals surface area (Å²) in [5.41, 5.74) is 0.652. The molecule has 0 spiro atoms. The Morgan fingerprint density at radius 3 is 2.92 bits per heavy atom. The van der Waals surface area contributed by atoms with Crippen LogP contribution in [0.1, 0.15) is 26.2 Å². The molecule has 0 aromatic heterocycles. The van der Waals surface area contributed by atoms with Crippen LogP contribution >= 0.6 is 12.2 Å². The lowest BCUT2D eigenvalue weighted by Crippen LogP contribution is -2.32. The van der Waals surface area contributed by atoms with Crippen molar-refractivity contribution in [3.8, 4) is 0 Å². The summed E-state index contributed by atoms with van der Waals surface area (Å²) in [7, 11) is 0. The van der Waals surface area contributed by atoms with E-state index in [0.29, 0.717) is 16.9 Å². The number of nitrogens with one attached hydrogen (secondary N) is 1. The Balaban J connectivity index is 2.18. The Kier molecular flexibility index (Phi) is 2.07. The molecule has 1 heterocycles. The minimum absolute atomic E-state index is 0.0503. The van der Waals surface area contributed by atoms with Crippen molar-refractivity contribution >= 4 is 23.2 Å². The number of rotatable bonds is 2. The molecule has 0 atom stereocenters. The molecule has 1 saturated heterocycles. The lowest BCUT2D eigenvalue weighted by atomic mass is 10.3. The van der Waals surface area contributed by atoms with Gasteiger partial charge >= 0.3 is 0 Å². The standard InChI is InChI=1S/C9H12N2OS/c1-2-3-7-8(12)11(6-4-5-6)9(13)10-7/h3,6H,2,4-5H2,1H3,(H,10,13)/b7-3+. The summed E-state index contributed by atoms with van der Waals surface area (Å²) >= 11 is 5.08. The Morgan fingerprint density at radius 1 is 1.69 bits per heavy atom. The lowest BCUT2D eigenvalue weighted by Gasteiger charge is -2.11. The van der Waals surface area contributed by atoms with Gasteiger partial charge in [0.2, 0.25) is 0 Å². The van der Waals surface area contributed by atoms with Gasteiger partial charge in [-0.05, 0) is 31.5 Å². The number of amides is 1. The maximum Gasteiger partial charge on any atom is 0.276 e. The van der Waals surface area contributed by atoms with E-state index in [9.17, 15) is 4.79 Å². The van der Waals surface area contributed by atoms with Crippen LogP contribution in [0.2, 0.25) is 0 Å². The molecule has 1 aliphatic carbocycles. The molecule has 4 heteroatoms. The smallest absolute Gasteiger partial charge is 0.276 e. The van der Waals surface area contributed by atoms with Crippen molar-refractivity contribution in [1.29, 1.82) is 0 Å². The van der Waals surface area contributed by atoms with Crippen LogP contribution in [0.25, 0.3) is 0 Å². The van der Waals surface area contributed by atoms with Crippen molar-refractivity contribution in [3.05, 3.63) is 11.8 Å². The highest BCUT2D eigenvalue weighted by Gasteiger charge is 2.40. The van der Waals surface area contributed by atoms with E-state index in [1.807, 2.05) is 13.0 Å². The van der Waals surface area contributed by atoms with E-state index in [4.69, 9.17) is 12.2 Å². The first-order valence-corrected chi connectivity index (χ1v) is 4.99. The third kappa shape index (κ3) is 1.46. The molecule has 70 valence electrons. The zero-order chi connectivity index (χ0) is 9.42. The van der Waals surface area contributed by atoms with Gasteiger partial charge in [-0.2, -0.15) is 0 Å². The third-order valence-electron chi connectivity index (χ3n) is 2.23. The highest BCUT2D eigenvalue weighted by atomic mass is 32.1. The molecule has 3 nitrogen and oxygen atoms in total. The van der Waals surface area contributed by atoms with Gasteiger partial charge in [-0.25, -0.2) is 0 Å². The maximum absolute atomic E-state index is 11.7. The average molecular weight is 196 g/mol. The van der Waals surface area contributed by atoms with Crippen LogP contribution in [0.4, 0.5) is 0 Å². The minimum Gasteiger partial charge on any atom is -0.328 e. The van der Waals surface area contributed by atoms with E-state index < -0.39 is 0 Å². The summed E-state index contributed by atoms with van der Waals surface area (Å²) in [5, 5.41) is 3.52. The summed E-state index contributed by atoms with van der Waals surface area (Å²) in [5.74, 6) is 0.0503. The number of carbonyl (C=O) groups is 1. The Bertz CT molecular complexity index is 294. The first-order valence-electron chi connectivity index (χ1n) is 4.58. The van der Waals surface area contributed by atoms with E-state index >= 15 is 0 Å². The number of hydrogen-bond donors (Lipinski definition) is 1. The molecule has 1 N–H and O–H groups in total. The van der Waals surface area contributed by atoms with E-state index in [0.717, 1.165) is 19.3 Å². The topological polar surface area (TPSA) is 32.3 Å². The van der Waals surface area contributed by atoms with Gasteiger partial charge in [-0.1, -0.05) is 13.0 Å². The second kappa shape index (κ2) is 3.10. The fourth-order valence-electron chi connectivity index (χ4n) is 1.46. The van der Waals surface area contributed by atoms with Gasteiger partial charge in [0.05, 0.1) is 0 Å². The van der Waals surface area contributed by atoms with Crippen molar-refractivity contribution in [2.45, 2.75) is 32.2 Å². The molecule has 0 radical (unpaired) electrons. The SMILES string of the molecule is CC/C=C1/NC(=S)N(C2CC2)C1=O. The van der Waals surface area contributed by atoms with E-state index in [-0.39, 0.29) is 5.91 Å². The fraction of sp³-hybridized carbons (Fsp3) is 0.556. The van der Waals surface area contributed by atoms with Crippen molar-refractivity contribution in [2.24, 2.45) is 0 Å². The van der Waals surface area contributed by atoms with Crippen molar-refractivity contribution in [1.82, 2.24) is 10.2 Å².